The highest BCUT2D eigenvalue weighted by molar-refractivity contribution is 5.37. The molecule has 1 N–H and O–H groups in total. The van der Waals surface area contributed by atoms with Crippen LogP contribution >= 0.6 is 0 Å². The minimum atomic E-state index is -0.334. The van der Waals surface area contributed by atoms with Crippen LogP contribution in [0.3, 0.4) is 0 Å². The van der Waals surface area contributed by atoms with Crippen molar-refractivity contribution in [2.24, 2.45) is 5.92 Å². The normalized spacial score (nSPS) is 28.9. The Bertz CT molecular complexity index is 378. The minimum absolute atomic E-state index is 0.0537. The van der Waals surface area contributed by atoms with Crippen molar-refractivity contribution < 1.29 is 14.2 Å². The lowest BCUT2D eigenvalue weighted by atomic mass is 9.95. The first-order chi connectivity index (χ1) is 7.11. The van der Waals surface area contributed by atoms with E-state index in [0.29, 0.717) is 0 Å². The summed E-state index contributed by atoms with van der Waals surface area (Å²) in [6.07, 6.45) is 0.926. The zero-order chi connectivity index (χ0) is 11.1. The summed E-state index contributed by atoms with van der Waals surface area (Å²) in [5.74, 6) is 0.202. The van der Waals surface area contributed by atoms with E-state index in [1.54, 1.807) is 6.07 Å². The highest BCUT2D eigenvalue weighted by Crippen LogP contribution is 2.53. The fourth-order valence-corrected chi connectivity index (χ4v) is 2.09. The molecule has 1 aromatic carbocycles. The average molecular weight is 210 g/mol. The smallest absolute Gasteiger partial charge is 0.165 e. The SMILES string of the molecule is COc1ccc(C2(C)CC2CO)cc1F. The van der Waals surface area contributed by atoms with E-state index >= 15 is 0 Å². The Hall–Kier alpha value is -1.09. The molecule has 15 heavy (non-hydrogen) atoms. The van der Waals surface area contributed by atoms with E-state index in [9.17, 15) is 4.39 Å². The largest absolute Gasteiger partial charge is 0.494 e. The van der Waals surface area contributed by atoms with Crippen LogP contribution in [-0.2, 0) is 5.41 Å². The highest BCUT2D eigenvalue weighted by Gasteiger charge is 2.50. The van der Waals surface area contributed by atoms with Gasteiger partial charge in [0, 0.05) is 6.61 Å². The van der Waals surface area contributed by atoms with Crippen molar-refractivity contribution in [1.29, 1.82) is 0 Å². The van der Waals surface area contributed by atoms with Crippen LogP contribution in [0, 0.1) is 11.7 Å². The number of hydrogen-bond donors (Lipinski definition) is 1. The predicted octanol–water partition coefficient (Wildman–Crippen LogP) is 2.10. The van der Waals surface area contributed by atoms with E-state index in [-0.39, 0.29) is 29.5 Å². The third-order valence-corrected chi connectivity index (χ3v) is 3.44. The molecule has 82 valence electrons. The maximum atomic E-state index is 13.5. The Labute approximate surface area is 88.7 Å². The van der Waals surface area contributed by atoms with Crippen molar-refractivity contribution in [3.63, 3.8) is 0 Å². The van der Waals surface area contributed by atoms with Gasteiger partial charge in [0.2, 0.25) is 0 Å². The molecular weight excluding hydrogens is 195 g/mol. The first-order valence-corrected chi connectivity index (χ1v) is 5.06. The zero-order valence-corrected chi connectivity index (χ0v) is 8.96. The van der Waals surface area contributed by atoms with Crippen LogP contribution in [0.5, 0.6) is 5.75 Å². The van der Waals surface area contributed by atoms with E-state index in [0.717, 1.165) is 12.0 Å². The summed E-state index contributed by atoms with van der Waals surface area (Å²) in [4.78, 5) is 0. The van der Waals surface area contributed by atoms with Crippen LogP contribution in [0.2, 0.25) is 0 Å². The molecule has 0 aliphatic heterocycles. The number of ether oxygens (including phenoxy) is 1. The Morgan fingerprint density at radius 1 is 1.60 bits per heavy atom. The topological polar surface area (TPSA) is 29.5 Å². The van der Waals surface area contributed by atoms with Gasteiger partial charge in [0.25, 0.3) is 0 Å². The molecule has 1 aliphatic carbocycles. The molecule has 0 amide bonds. The number of rotatable bonds is 3. The molecule has 1 fully saturated rings. The number of aliphatic hydroxyl groups is 1. The Morgan fingerprint density at radius 3 is 2.80 bits per heavy atom. The van der Waals surface area contributed by atoms with E-state index in [2.05, 4.69) is 6.92 Å². The van der Waals surface area contributed by atoms with Crippen LogP contribution in [0.4, 0.5) is 4.39 Å². The van der Waals surface area contributed by atoms with Gasteiger partial charge in [-0.2, -0.15) is 0 Å². The van der Waals surface area contributed by atoms with Crippen molar-refractivity contribution in [1.82, 2.24) is 0 Å². The van der Waals surface area contributed by atoms with E-state index in [4.69, 9.17) is 9.84 Å². The summed E-state index contributed by atoms with van der Waals surface area (Å²) in [5, 5.41) is 9.05. The third kappa shape index (κ3) is 1.61. The van der Waals surface area contributed by atoms with Gasteiger partial charge < -0.3 is 9.84 Å². The number of hydrogen-bond acceptors (Lipinski definition) is 2. The Balaban J connectivity index is 2.28. The first-order valence-electron chi connectivity index (χ1n) is 5.06. The molecule has 1 aromatic rings. The maximum Gasteiger partial charge on any atom is 0.165 e. The lowest BCUT2D eigenvalue weighted by Gasteiger charge is -2.12. The number of methoxy groups -OCH3 is 1. The van der Waals surface area contributed by atoms with Crippen molar-refractivity contribution in [2.45, 2.75) is 18.8 Å². The van der Waals surface area contributed by atoms with Gasteiger partial charge >= 0.3 is 0 Å². The number of benzene rings is 1. The molecule has 1 aliphatic rings. The summed E-state index contributed by atoms with van der Waals surface area (Å²) in [6.45, 7) is 2.22. The standard InChI is InChI=1S/C12H15FO2/c1-12(6-9(12)7-14)8-3-4-11(15-2)10(13)5-8/h3-5,9,14H,6-7H2,1-2H3. The van der Waals surface area contributed by atoms with Crippen molar-refractivity contribution in [3.8, 4) is 5.75 Å². The Kier molecular flexibility index (Phi) is 2.43. The number of halogens is 1. The molecule has 2 atom stereocenters. The molecule has 2 unspecified atom stereocenters. The van der Waals surface area contributed by atoms with Crippen LogP contribution < -0.4 is 4.74 Å². The quantitative estimate of drug-likeness (QED) is 0.827. The molecule has 0 heterocycles. The van der Waals surface area contributed by atoms with Gasteiger partial charge in [-0.15, -0.1) is 0 Å². The summed E-state index contributed by atoms with van der Waals surface area (Å²) < 4.78 is 18.3. The lowest BCUT2D eigenvalue weighted by Crippen LogP contribution is -2.07. The van der Waals surface area contributed by atoms with Gasteiger partial charge in [-0.25, -0.2) is 4.39 Å². The first kappa shape index (κ1) is 10.4. The van der Waals surface area contributed by atoms with Crippen LogP contribution in [0.15, 0.2) is 18.2 Å². The van der Waals surface area contributed by atoms with E-state index in [1.807, 2.05) is 6.07 Å². The second-order valence-electron chi connectivity index (χ2n) is 4.35. The second kappa shape index (κ2) is 3.49. The summed E-state index contributed by atoms with van der Waals surface area (Å²) in [7, 11) is 1.45. The average Bonchev–Trinajstić information content (AvgIpc) is 2.91. The van der Waals surface area contributed by atoms with Crippen LogP contribution in [0.1, 0.15) is 18.9 Å². The molecule has 2 rings (SSSR count). The van der Waals surface area contributed by atoms with Gasteiger partial charge in [-0.3, -0.25) is 0 Å². The third-order valence-electron chi connectivity index (χ3n) is 3.44. The molecule has 0 spiro atoms. The lowest BCUT2D eigenvalue weighted by molar-refractivity contribution is 0.265. The van der Waals surface area contributed by atoms with Crippen molar-refractivity contribution in [2.75, 3.05) is 13.7 Å². The molecule has 0 radical (unpaired) electrons. The van der Waals surface area contributed by atoms with Gasteiger partial charge in [0.1, 0.15) is 0 Å². The molecule has 0 bridgehead atoms. The summed E-state index contributed by atoms with van der Waals surface area (Å²) in [5.41, 5.74) is 0.891. The maximum absolute atomic E-state index is 13.5. The zero-order valence-electron chi connectivity index (χ0n) is 8.96. The van der Waals surface area contributed by atoms with E-state index in [1.165, 1.54) is 13.2 Å². The molecule has 0 aromatic heterocycles. The monoisotopic (exact) mass is 210 g/mol. The Morgan fingerprint density at radius 2 is 2.33 bits per heavy atom. The van der Waals surface area contributed by atoms with Crippen molar-refractivity contribution in [3.05, 3.63) is 29.6 Å². The predicted molar refractivity (Wildman–Crippen MR) is 55.5 cm³/mol. The fourth-order valence-electron chi connectivity index (χ4n) is 2.09. The van der Waals surface area contributed by atoms with Crippen molar-refractivity contribution >= 4 is 0 Å². The fraction of sp³-hybridized carbons (Fsp3) is 0.500. The second-order valence-corrected chi connectivity index (χ2v) is 4.35. The van der Waals surface area contributed by atoms with E-state index < -0.39 is 0 Å². The van der Waals surface area contributed by atoms with Gasteiger partial charge in [0.15, 0.2) is 11.6 Å². The molecule has 2 nitrogen and oxygen atoms in total. The summed E-state index contributed by atoms with van der Waals surface area (Å²) >= 11 is 0. The summed E-state index contributed by atoms with van der Waals surface area (Å²) in [6, 6.07) is 5.02. The molecular formula is C12H15FO2. The van der Waals surface area contributed by atoms with Crippen LogP contribution in [-0.4, -0.2) is 18.8 Å². The molecule has 1 saturated carbocycles. The van der Waals surface area contributed by atoms with Gasteiger partial charge in [-0.05, 0) is 35.4 Å². The van der Waals surface area contributed by atoms with Crippen LogP contribution in [0.25, 0.3) is 0 Å². The minimum Gasteiger partial charge on any atom is -0.494 e. The highest BCUT2D eigenvalue weighted by atomic mass is 19.1. The van der Waals surface area contributed by atoms with Gasteiger partial charge in [-0.1, -0.05) is 13.0 Å². The molecule has 3 heteroatoms. The number of aliphatic hydroxyl groups excluding tert-OH is 1. The van der Waals surface area contributed by atoms with Gasteiger partial charge in [0.05, 0.1) is 7.11 Å². The molecule has 0 saturated heterocycles.